The number of nitrogens with one attached hydrogen (secondary N) is 1. The molecule has 1 saturated heterocycles. The van der Waals surface area contributed by atoms with E-state index < -0.39 is 0 Å². The van der Waals surface area contributed by atoms with E-state index in [1.165, 1.54) is 0 Å². The third kappa shape index (κ3) is 3.21. The highest BCUT2D eigenvalue weighted by Crippen LogP contribution is 2.36. The first-order chi connectivity index (χ1) is 9.33. The highest BCUT2D eigenvalue weighted by atomic mass is 16.2. The van der Waals surface area contributed by atoms with Crippen molar-refractivity contribution in [2.75, 3.05) is 20.1 Å². The second kappa shape index (κ2) is 5.57. The van der Waals surface area contributed by atoms with Crippen LogP contribution in [0.5, 0.6) is 0 Å². The van der Waals surface area contributed by atoms with Gasteiger partial charge in [-0.15, -0.1) is 0 Å². The fourth-order valence-electron chi connectivity index (χ4n) is 2.86. The fourth-order valence-corrected chi connectivity index (χ4v) is 2.86. The van der Waals surface area contributed by atoms with Gasteiger partial charge in [0, 0.05) is 5.54 Å². The number of hydrogen-bond donors (Lipinski definition) is 1. The van der Waals surface area contributed by atoms with Gasteiger partial charge in [0.2, 0.25) is 5.91 Å². The first kappa shape index (κ1) is 15.0. The highest BCUT2D eigenvalue weighted by Gasteiger charge is 2.43. The number of amides is 1. The van der Waals surface area contributed by atoms with E-state index in [1.54, 1.807) is 0 Å². The van der Waals surface area contributed by atoms with Crippen LogP contribution in [0, 0.1) is 0 Å². The molecule has 0 atom stereocenters. The summed E-state index contributed by atoms with van der Waals surface area (Å²) in [7, 11) is 2.12. The number of rotatable bonds is 2. The Morgan fingerprint density at radius 2 is 1.70 bits per heavy atom. The Balaban J connectivity index is 2.32. The van der Waals surface area contributed by atoms with Crippen LogP contribution in [0.2, 0.25) is 0 Å². The molecule has 0 aliphatic carbocycles. The van der Waals surface area contributed by atoms with Crippen molar-refractivity contribution in [2.45, 2.75) is 44.6 Å². The molecule has 1 fully saturated rings. The molecule has 1 amide bonds. The zero-order valence-electron chi connectivity index (χ0n) is 13.1. The third-order valence-corrected chi connectivity index (χ3v) is 4.09. The summed E-state index contributed by atoms with van der Waals surface area (Å²) in [5.41, 5.74) is 0.582. The molecule has 0 unspecified atom stereocenters. The summed E-state index contributed by atoms with van der Waals surface area (Å²) < 4.78 is 0. The summed E-state index contributed by atoms with van der Waals surface area (Å²) in [4.78, 5) is 15.2. The van der Waals surface area contributed by atoms with Gasteiger partial charge in [0.25, 0.3) is 0 Å². The standard InChI is InChI=1S/C17H26N2O/c1-16(2,3)18-15(20)17(10-12-19(4)13-11-17)14-8-6-5-7-9-14/h5-9H,10-13H2,1-4H3,(H,18,20). The first-order valence-corrected chi connectivity index (χ1v) is 7.40. The van der Waals surface area contributed by atoms with Gasteiger partial charge in [-0.25, -0.2) is 0 Å². The van der Waals surface area contributed by atoms with E-state index in [0.29, 0.717) is 0 Å². The van der Waals surface area contributed by atoms with Crippen molar-refractivity contribution >= 4 is 5.91 Å². The summed E-state index contributed by atoms with van der Waals surface area (Å²) in [6.07, 6.45) is 1.77. The van der Waals surface area contributed by atoms with Crippen molar-refractivity contribution < 1.29 is 4.79 Å². The number of piperidine rings is 1. The Labute approximate surface area is 122 Å². The van der Waals surface area contributed by atoms with E-state index in [9.17, 15) is 4.79 Å². The van der Waals surface area contributed by atoms with Crippen LogP contribution in [0.1, 0.15) is 39.2 Å². The molecular formula is C17H26N2O. The minimum Gasteiger partial charge on any atom is -0.351 e. The molecule has 110 valence electrons. The zero-order chi connectivity index (χ0) is 14.8. The van der Waals surface area contributed by atoms with Crippen LogP contribution >= 0.6 is 0 Å². The molecule has 1 aliphatic rings. The van der Waals surface area contributed by atoms with E-state index in [2.05, 4.69) is 29.4 Å². The zero-order valence-corrected chi connectivity index (χ0v) is 13.1. The lowest BCUT2D eigenvalue weighted by molar-refractivity contribution is -0.130. The summed E-state index contributed by atoms with van der Waals surface area (Å²) in [5, 5.41) is 3.19. The van der Waals surface area contributed by atoms with Gasteiger partial charge in [0.05, 0.1) is 5.41 Å². The molecule has 3 heteroatoms. The maximum absolute atomic E-state index is 12.9. The molecule has 1 aliphatic heterocycles. The predicted octanol–water partition coefficient (Wildman–Crippen LogP) is 2.56. The van der Waals surface area contributed by atoms with Crippen LogP contribution in [0.3, 0.4) is 0 Å². The molecular weight excluding hydrogens is 248 g/mol. The molecule has 1 N–H and O–H groups in total. The first-order valence-electron chi connectivity index (χ1n) is 7.40. The molecule has 3 nitrogen and oxygen atoms in total. The van der Waals surface area contributed by atoms with Crippen molar-refractivity contribution in [1.82, 2.24) is 10.2 Å². The lowest BCUT2D eigenvalue weighted by atomic mass is 9.71. The maximum atomic E-state index is 12.9. The average molecular weight is 274 g/mol. The van der Waals surface area contributed by atoms with Gasteiger partial charge < -0.3 is 10.2 Å². The van der Waals surface area contributed by atoms with Gasteiger partial charge in [-0.3, -0.25) is 4.79 Å². The number of carbonyl (C=O) groups is 1. The number of carbonyl (C=O) groups excluding carboxylic acids is 1. The molecule has 0 aromatic heterocycles. The quantitative estimate of drug-likeness (QED) is 0.899. The molecule has 1 heterocycles. The van der Waals surface area contributed by atoms with Gasteiger partial charge in [-0.05, 0) is 59.3 Å². The Morgan fingerprint density at radius 3 is 2.20 bits per heavy atom. The minimum absolute atomic E-state index is 0.171. The number of benzene rings is 1. The number of nitrogens with zero attached hydrogens (tertiary/aromatic N) is 1. The van der Waals surface area contributed by atoms with Gasteiger partial charge in [-0.2, -0.15) is 0 Å². The highest BCUT2D eigenvalue weighted by molar-refractivity contribution is 5.89. The number of hydrogen-bond acceptors (Lipinski definition) is 2. The monoisotopic (exact) mass is 274 g/mol. The Morgan fingerprint density at radius 1 is 1.15 bits per heavy atom. The van der Waals surface area contributed by atoms with E-state index in [0.717, 1.165) is 31.5 Å². The fraction of sp³-hybridized carbons (Fsp3) is 0.588. The van der Waals surface area contributed by atoms with Crippen LogP contribution in [-0.4, -0.2) is 36.5 Å². The Bertz CT molecular complexity index is 454. The van der Waals surface area contributed by atoms with Gasteiger partial charge in [0.1, 0.15) is 0 Å². The topological polar surface area (TPSA) is 32.3 Å². The summed E-state index contributed by atoms with van der Waals surface area (Å²) in [6, 6.07) is 10.2. The Hall–Kier alpha value is -1.35. The lowest BCUT2D eigenvalue weighted by Crippen LogP contribution is -2.55. The van der Waals surface area contributed by atoms with Gasteiger partial charge >= 0.3 is 0 Å². The lowest BCUT2D eigenvalue weighted by Gasteiger charge is -2.41. The largest absolute Gasteiger partial charge is 0.351 e. The summed E-state index contributed by atoms with van der Waals surface area (Å²) >= 11 is 0. The molecule has 0 saturated carbocycles. The van der Waals surface area contributed by atoms with Crippen LogP contribution in [-0.2, 0) is 10.2 Å². The van der Waals surface area contributed by atoms with Crippen LogP contribution in [0.25, 0.3) is 0 Å². The van der Waals surface area contributed by atoms with Gasteiger partial charge in [-0.1, -0.05) is 30.3 Å². The normalized spacial score (nSPS) is 19.6. The average Bonchev–Trinajstić information content (AvgIpc) is 2.39. The van der Waals surface area contributed by atoms with Crippen LogP contribution in [0.15, 0.2) is 30.3 Å². The predicted molar refractivity (Wildman–Crippen MR) is 82.7 cm³/mol. The Kier molecular flexibility index (Phi) is 4.19. The third-order valence-electron chi connectivity index (χ3n) is 4.09. The molecule has 0 bridgehead atoms. The minimum atomic E-state index is -0.374. The van der Waals surface area contributed by atoms with E-state index in [-0.39, 0.29) is 16.9 Å². The molecule has 0 radical (unpaired) electrons. The van der Waals surface area contributed by atoms with E-state index in [4.69, 9.17) is 0 Å². The molecule has 1 aromatic rings. The molecule has 2 rings (SSSR count). The van der Waals surface area contributed by atoms with Crippen LogP contribution in [0.4, 0.5) is 0 Å². The maximum Gasteiger partial charge on any atom is 0.231 e. The molecule has 0 spiro atoms. The van der Waals surface area contributed by atoms with E-state index in [1.807, 2.05) is 39.0 Å². The summed E-state index contributed by atoms with van der Waals surface area (Å²) in [5.74, 6) is 0.171. The van der Waals surface area contributed by atoms with Crippen molar-refractivity contribution in [3.8, 4) is 0 Å². The van der Waals surface area contributed by atoms with Crippen molar-refractivity contribution in [3.05, 3.63) is 35.9 Å². The van der Waals surface area contributed by atoms with E-state index >= 15 is 0 Å². The van der Waals surface area contributed by atoms with Crippen molar-refractivity contribution in [1.29, 1.82) is 0 Å². The van der Waals surface area contributed by atoms with Crippen molar-refractivity contribution in [2.24, 2.45) is 0 Å². The number of likely N-dealkylation sites (tertiary alicyclic amines) is 1. The molecule has 20 heavy (non-hydrogen) atoms. The molecule has 1 aromatic carbocycles. The van der Waals surface area contributed by atoms with Crippen LogP contribution < -0.4 is 5.32 Å². The van der Waals surface area contributed by atoms with Gasteiger partial charge in [0.15, 0.2) is 0 Å². The second-order valence-electron chi connectivity index (χ2n) is 6.96. The SMILES string of the molecule is CN1CCC(C(=O)NC(C)(C)C)(c2ccccc2)CC1. The summed E-state index contributed by atoms with van der Waals surface area (Å²) in [6.45, 7) is 8.05. The smallest absolute Gasteiger partial charge is 0.231 e. The van der Waals surface area contributed by atoms with Crippen molar-refractivity contribution in [3.63, 3.8) is 0 Å². The second-order valence-corrected chi connectivity index (χ2v) is 6.96.